The Labute approximate surface area is 153 Å². The smallest absolute Gasteiger partial charge is 0.339 e. The minimum atomic E-state index is -0.451. The van der Waals surface area contributed by atoms with E-state index in [9.17, 15) is 4.79 Å². The van der Waals surface area contributed by atoms with Gasteiger partial charge in [0.1, 0.15) is 6.61 Å². The molecular weight excluding hydrogens is 324 g/mol. The lowest BCUT2D eigenvalue weighted by atomic mass is 9.89. The van der Waals surface area contributed by atoms with Crippen LogP contribution < -0.4 is 0 Å². The fraction of sp³-hybridized carbons (Fsp3) is 0.0870. The molecule has 3 nitrogen and oxygen atoms in total. The van der Waals surface area contributed by atoms with Crippen molar-refractivity contribution in [3.8, 4) is 0 Å². The number of carbonyl (C=O) groups excluding carboxylic acids is 1. The Bertz CT molecular complexity index is 828. The molecule has 0 saturated carbocycles. The van der Waals surface area contributed by atoms with Crippen LogP contribution in [0.5, 0.6) is 0 Å². The summed E-state index contributed by atoms with van der Waals surface area (Å²) in [6.07, 6.45) is 0. The minimum absolute atomic E-state index is 0.0357. The van der Waals surface area contributed by atoms with Crippen LogP contribution in [0, 0.1) is 0 Å². The van der Waals surface area contributed by atoms with Crippen molar-refractivity contribution in [3.63, 3.8) is 0 Å². The number of esters is 1. The van der Waals surface area contributed by atoms with E-state index in [4.69, 9.17) is 9.84 Å². The van der Waals surface area contributed by atoms with Crippen LogP contribution in [0.2, 0.25) is 0 Å². The van der Waals surface area contributed by atoms with Crippen molar-refractivity contribution in [1.82, 2.24) is 0 Å². The molecule has 0 radical (unpaired) electrons. The number of benzene rings is 3. The van der Waals surface area contributed by atoms with E-state index in [1.54, 1.807) is 0 Å². The summed E-state index contributed by atoms with van der Waals surface area (Å²) >= 11 is 0. The number of ether oxygens (including phenoxy) is 1. The van der Waals surface area contributed by atoms with Crippen LogP contribution >= 0.6 is 0 Å². The lowest BCUT2D eigenvalue weighted by molar-refractivity contribution is -0.137. The second-order valence-electron chi connectivity index (χ2n) is 5.71. The molecule has 0 spiro atoms. The van der Waals surface area contributed by atoms with Crippen molar-refractivity contribution in [1.29, 1.82) is 0 Å². The van der Waals surface area contributed by atoms with Gasteiger partial charge in [0.25, 0.3) is 0 Å². The van der Waals surface area contributed by atoms with Gasteiger partial charge in [0.2, 0.25) is 0 Å². The Morgan fingerprint density at radius 3 is 1.54 bits per heavy atom. The number of aliphatic hydroxyl groups excluding tert-OH is 1. The van der Waals surface area contributed by atoms with Gasteiger partial charge in [-0.25, -0.2) is 4.79 Å². The summed E-state index contributed by atoms with van der Waals surface area (Å²) in [5.74, 6) is -0.451. The zero-order chi connectivity index (χ0) is 18.2. The van der Waals surface area contributed by atoms with Crippen LogP contribution in [0.3, 0.4) is 0 Å². The Morgan fingerprint density at radius 1 is 0.692 bits per heavy atom. The summed E-state index contributed by atoms with van der Waals surface area (Å²) in [6, 6.07) is 29.0. The Balaban J connectivity index is 2.27. The normalized spacial score (nSPS) is 10.2. The highest BCUT2D eigenvalue weighted by molar-refractivity contribution is 6.26. The van der Waals surface area contributed by atoms with Gasteiger partial charge < -0.3 is 9.84 Å². The average Bonchev–Trinajstić information content (AvgIpc) is 2.72. The largest absolute Gasteiger partial charge is 0.460 e. The maximum absolute atomic E-state index is 12.9. The second kappa shape index (κ2) is 8.79. The standard InChI is InChI=1S/C23H20O3/c24-16-17-26-23(25)22(20-14-8-3-9-15-20)21(18-10-4-1-5-11-18)19-12-6-2-7-13-19/h1-15,24H,16-17H2. The lowest BCUT2D eigenvalue weighted by Gasteiger charge is -2.16. The van der Waals surface area contributed by atoms with Crippen molar-refractivity contribution in [2.24, 2.45) is 0 Å². The molecule has 0 aliphatic carbocycles. The van der Waals surface area contributed by atoms with Gasteiger partial charge in [-0.1, -0.05) is 91.0 Å². The van der Waals surface area contributed by atoms with Crippen LogP contribution in [0.25, 0.3) is 11.1 Å². The summed E-state index contributed by atoms with van der Waals surface area (Å²) in [5, 5.41) is 9.05. The molecule has 0 aromatic heterocycles. The molecule has 0 heterocycles. The fourth-order valence-electron chi connectivity index (χ4n) is 2.84. The van der Waals surface area contributed by atoms with Gasteiger partial charge in [-0.2, -0.15) is 0 Å². The molecule has 130 valence electrons. The van der Waals surface area contributed by atoms with Gasteiger partial charge in [0.15, 0.2) is 0 Å². The summed E-state index contributed by atoms with van der Waals surface area (Å²) < 4.78 is 5.28. The maximum Gasteiger partial charge on any atom is 0.339 e. The molecule has 3 heteroatoms. The van der Waals surface area contributed by atoms with Gasteiger partial charge in [0.05, 0.1) is 12.2 Å². The molecule has 0 atom stereocenters. The van der Waals surface area contributed by atoms with Gasteiger partial charge in [-0.3, -0.25) is 0 Å². The Morgan fingerprint density at radius 2 is 1.12 bits per heavy atom. The molecule has 3 rings (SSSR count). The van der Waals surface area contributed by atoms with Crippen molar-refractivity contribution in [3.05, 3.63) is 108 Å². The Hall–Kier alpha value is -3.17. The summed E-state index contributed by atoms with van der Waals surface area (Å²) in [4.78, 5) is 12.9. The van der Waals surface area contributed by atoms with E-state index in [0.717, 1.165) is 22.3 Å². The number of hydrogen-bond donors (Lipinski definition) is 1. The summed E-state index contributed by atoms with van der Waals surface area (Å²) in [7, 11) is 0. The SMILES string of the molecule is O=C(OCCO)C(=C(c1ccccc1)c1ccccc1)c1ccccc1. The molecule has 0 fully saturated rings. The molecule has 0 aliphatic rings. The van der Waals surface area contributed by atoms with Crippen molar-refractivity contribution in [2.75, 3.05) is 13.2 Å². The third-order valence-electron chi connectivity index (χ3n) is 3.97. The highest BCUT2D eigenvalue weighted by Gasteiger charge is 2.21. The Kier molecular flexibility index (Phi) is 5.96. The molecule has 26 heavy (non-hydrogen) atoms. The van der Waals surface area contributed by atoms with Gasteiger partial charge >= 0.3 is 5.97 Å². The van der Waals surface area contributed by atoms with Gasteiger partial charge in [-0.05, 0) is 16.7 Å². The van der Waals surface area contributed by atoms with Gasteiger partial charge in [0, 0.05) is 5.57 Å². The van der Waals surface area contributed by atoms with Crippen LogP contribution in [0.1, 0.15) is 16.7 Å². The van der Waals surface area contributed by atoms with E-state index >= 15 is 0 Å². The number of rotatable bonds is 6. The van der Waals surface area contributed by atoms with Crippen LogP contribution in [-0.2, 0) is 9.53 Å². The minimum Gasteiger partial charge on any atom is -0.460 e. The maximum atomic E-state index is 12.9. The topological polar surface area (TPSA) is 46.5 Å². The first-order valence-corrected chi connectivity index (χ1v) is 8.50. The molecule has 0 aliphatic heterocycles. The fourth-order valence-corrected chi connectivity index (χ4v) is 2.84. The first kappa shape index (κ1) is 17.6. The van der Waals surface area contributed by atoms with E-state index in [0.29, 0.717) is 5.57 Å². The van der Waals surface area contributed by atoms with Crippen molar-refractivity contribution >= 4 is 17.1 Å². The van der Waals surface area contributed by atoms with E-state index in [-0.39, 0.29) is 13.2 Å². The van der Waals surface area contributed by atoms with E-state index in [1.165, 1.54) is 0 Å². The second-order valence-corrected chi connectivity index (χ2v) is 5.71. The average molecular weight is 344 g/mol. The van der Waals surface area contributed by atoms with Crippen LogP contribution in [0.15, 0.2) is 91.0 Å². The van der Waals surface area contributed by atoms with Crippen molar-refractivity contribution in [2.45, 2.75) is 0 Å². The first-order valence-electron chi connectivity index (χ1n) is 8.50. The van der Waals surface area contributed by atoms with Gasteiger partial charge in [-0.15, -0.1) is 0 Å². The molecule has 0 amide bonds. The third kappa shape index (κ3) is 4.08. The lowest BCUT2D eigenvalue weighted by Crippen LogP contribution is -2.12. The molecule has 1 N–H and O–H groups in total. The third-order valence-corrected chi connectivity index (χ3v) is 3.97. The highest BCUT2D eigenvalue weighted by atomic mass is 16.5. The van der Waals surface area contributed by atoms with E-state index in [1.807, 2.05) is 91.0 Å². The molecule has 0 saturated heterocycles. The first-order chi connectivity index (χ1) is 12.8. The van der Waals surface area contributed by atoms with E-state index < -0.39 is 5.97 Å². The monoisotopic (exact) mass is 344 g/mol. The molecule has 0 bridgehead atoms. The highest BCUT2D eigenvalue weighted by Crippen LogP contribution is 2.33. The zero-order valence-electron chi connectivity index (χ0n) is 14.3. The number of aliphatic hydroxyl groups is 1. The molecule has 0 unspecified atom stereocenters. The zero-order valence-corrected chi connectivity index (χ0v) is 14.3. The predicted molar refractivity (Wildman–Crippen MR) is 103 cm³/mol. The molecule has 3 aromatic carbocycles. The van der Waals surface area contributed by atoms with Crippen LogP contribution in [0.4, 0.5) is 0 Å². The predicted octanol–water partition coefficient (Wildman–Crippen LogP) is 4.18. The summed E-state index contributed by atoms with van der Waals surface area (Å²) in [6.45, 7) is -0.244. The van der Waals surface area contributed by atoms with Crippen molar-refractivity contribution < 1.29 is 14.6 Å². The summed E-state index contributed by atoms with van der Waals surface area (Å²) in [5.41, 5.74) is 3.92. The molecule has 3 aromatic rings. The molecular formula is C23H20O3. The number of carbonyl (C=O) groups is 1. The van der Waals surface area contributed by atoms with Crippen LogP contribution in [-0.4, -0.2) is 24.3 Å². The quantitative estimate of drug-likeness (QED) is 0.414. The van der Waals surface area contributed by atoms with E-state index in [2.05, 4.69) is 0 Å². The number of hydrogen-bond acceptors (Lipinski definition) is 3.